The first-order valence-corrected chi connectivity index (χ1v) is 6.66. The van der Waals surface area contributed by atoms with Crippen LogP contribution in [0.2, 0.25) is 0 Å². The lowest BCUT2D eigenvalue weighted by Gasteiger charge is -2.28. The van der Waals surface area contributed by atoms with Gasteiger partial charge in [0.25, 0.3) is 0 Å². The lowest BCUT2D eigenvalue weighted by molar-refractivity contribution is -0.143. The molecule has 0 radical (unpaired) electrons. The summed E-state index contributed by atoms with van der Waals surface area (Å²) in [7, 11) is 0. The Hall–Kier alpha value is -1.79. The van der Waals surface area contributed by atoms with Crippen molar-refractivity contribution in [3.8, 4) is 11.8 Å². The maximum absolute atomic E-state index is 10.8. The van der Waals surface area contributed by atoms with Crippen LogP contribution in [0.3, 0.4) is 0 Å². The number of nitrogens with zero attached hydrogens (tertiary/aromatic N) is 1. The predicted octanol–water partition coefficient (Wildman–Crippen LogP) is 2.14. The van der Waals surface area contributed by atoms with Crippen molar-refractivity contribution in [1.29, 1.82) is 0 Å². The van der Waals surface area contributed by atoms with Gasteiger partial charge >= 0.3 is 5.97 Å². The van der Waals surface area contributed by atoms with Crippen LogP contribution in [-0.2, 0) is 4.79 Å². The maximum Gasteiger partial charge on any atom is 0.306 e. The third-order valence-electron chi connectivity index (χ3n) is 3.52. The van der Waals surface area contributed by atoms with Crippen LogP contribution < -0.4 is 0 Å². The summed E-state index contributed by atoms with van der Waals surface area (Å²) >= 11 is 0. The molecule has 0 aliphatic carbocycles. The number of hydrogen-bond donors (Lipinski definition) is 1. The topological polar surface area (TPSA) is 40.5 Å². The van der Waals surface area contributed by atoms with E-state index in [1.54, 1.807) is 0 Å². The minimum atomic E-state index is -0.662. The SMILES string of the molecule is Cc1ccc(C#CCN2CCC(C(=O)O)CC2)cc1. The van der Waals surface area contributed by atoms with Crippen LogP contribution in [0.1, 0.15) is 24.0 Å². The van der Waals surface area contributed by atoms with Crippen molar-refractivity contribution in [1.82, 2.24) is 4.90 Å². The van der Waals surface area contributed by atoms with Crippen molar-refractivity contribution in [3.05, 3.63) is 35.4 Å². The standard InChI is InChI=1S/C16H19NO2/c1-13-4-6-14(7-5-13)3-2-10-17-11-8-15(9-12-17)16(18)19/h4-7,15H,8-12H2,1H3,(H,18,19). The molecule has 0 spiro atoms. The number of carboxylic acid groups (broad SMARTS) is 1. The van der Waals surface area contributed by atoms with Gasteiger partial charge in [-0.3, -0.25) is 9.69 Å². The number of carboxylic acids is 1. The van der Waals surface area contributed by atoms with Gasteiger partial charge in [-0.05, 0) is 45.0 Å². The first kappa shape index (κ1) is 13.6. The largest absolute Gasteiger partial charge is 0.481 e. The Morgan fingerprint density at radius 1 is 1.32 bits per heavy atom. The van der Waals surface area contributed by atoms with Crippen molar-refractivity contribution in [2.45, 2.75) is 19.8 Å². The Morgan fingerprint density at radius 3 is 2.53 bits per heavy atom. The van der Waals surface area contributed by atoms with E-state index in [0.717, 1.165) is 38.0 Å². The summed E-state index contributed by atoms with van der Waals surface area (Å²) in [5.41, 5.74) is 2.27. The van der Waals surface area contributed by atoms with E-state index in [1.807, 2.05) is 12.1 Å². The molecular weight excluding hydrogens is 238 g/mol. The maximum atomic E-state index is 10.8. The zero-order valence-corrected chi connectivity index (χ0v) is 11.2. The molecule has 0 atom stereocenters. The number of likely N-dealkylation sites (tertiary alicyclic amines) is 1. The average molecular weight is 257 g/mol. The quantitative estimate of drug-likeness (QED) is 0.825. The molecule has 0 saturated carbocycles. The van der Waals surface area contributed by atoms with E-state index in [1.165, 1.54) is 5.56 Å². The van der Waals surface area contributed by atoms with Gasteiger partial charge in [0.2, 0.25) is 0 Å². The van der Waals surface area contributed by atoms with Gasteiger partial charge in [0.05, 0.1) is 12.5 Å². The second kappa shape index (κ2) is 6.40. The minimum absolute atomic E-state index is 0.165. The smallest absolute Gasteiger partial charge is 0.306 e. The lowest BCUT2D eigenvalue weighted by atomic mass is 9.97. The highest BCUT2D eigenvalue weighted by Gasteiger charge is 2.23. The molecule has 0 aromatic heterocycles. The highest BCUT2D eigenvalue weighted by Crippen LogP contribution is 2.16. The Kier molecular flexibility index (Phi) is 4.59. The zero-order chi connectivity index (χ0) is 13.7. The summed E-state index contributed by atoms with van der Waals surface area (Å²) < 4.78 is 0. The molecule has 0 unspecified atom stereocenters. The van der Waals surface area contributed by atoms with Gasteiger partial charge in [0, 0.05) is 5.56 Å². The van der Waals surface area contributed by atoms with Gasteiger partial charge < -0.3 is 5.11 Å². The van der Waals surface area contributed by atoms with Gasteiger partial charge in [0.1, 0.15) is 0 Å². The Morgan fingerprint density at radius 2 is 1.95 bits per heavy atom. The van der Waals surface area contributed by atoms with Gasteiger partial charge in [-0.25, -0.2) is 0 Å². The van der Waals surface area contributed by atoms with E-state index >= 15 is 0 Å². The Balaban J connectivity index is 1.81. The van der Waals surface area contributed by atoms with Crippen molar-refractivity contribution in [2.75, 3.05) is 19.6 Å². The first-order chi connectivity index (χ1) is 9.15. The summed E-state index contributed by atoms with van der Waals surface area (Å²) in [6.45, 7) is 4.45. The molecule has 0 bridgehead atoms. The Bertz CT molecular complexity index is 488. The second-order valence-corrected chi connectivity index (χ2v) is 5.06. The van der Waals surface area contributed by atoms with Crippen LogP contribution in [0.5, 0.6) is 0 Å². The van der Waals surface area contributed by atoms with Gasteiger partial charge in [0.15, 0.2) is 0 Å². The summed E-state index contributed by atoms with van der Waals surface area (Å²) in [6, 6.07) is 8.17. The molecule has 1 aliphatic heterocycles. The van der Waals surface area contributed by atoms with Crippen LogP contribution in [0.25, 0.3) is 0 Å². The summed E-state index contributed by atoms with van der Waals surface area (Å²) in [4.78, 5) is 13.1. The summed E-state index contributed by atoms with van der Waals surface area (Å²) in [5.74, 6) is 5.48. The fourth-order valence-electron chi connectivity index (χ4n) is 2.23. The molecule has 1 heterocycles. The van der Waals surface area contributed by atoms with E-state index < -0.39 is 5.97 Å². The molecule has 1 aromatic carbocycles. The fraction of sp³-hybridized carbons (Fsp3) is 0.438. The van der Waals surface area contributed by atoms with Crippen LogP contribution in [0.15, 0.2) is 24.3 Å². The van der Waals surface area contributed by atoms with Crippen LogP contribution in [0.4, 0.5) is 0 Å². The van der Waals surface area contributed by atoms with Gasteiger partial charge in [-0.15, -0.1) is 0 Å². The molecule has 1 saturated heterocycles. The van der Waals surface area contributed by atoms with Crippen molar-refractivity contribution in [2.24, 2.45) is 5.92 Å². The molecule has 0 amide bonds. The third kappa shape index (κ3) is 4.11. The summed E-state index contributed by atoms with van der Waals surface area (Å²) in [6.07, 6.45) is 1.48. The molecule has 2 rings (SSSR count). The second-order valence-electron chi connectivity index (χ2n) is 5.06. The number of hydrogen-bond acceptors (Lipinski definition) is 2. The van der Waals surface area contributed by atoms with Crippen LogP contribution in [-0.4, -0.2) is 35.6 Å². The number of aryl methyl sites for hydroxylation is 1. The van der Waals surface area contributed by atoms with E-state index in [2.05, 4.69) is 35.8 Å². The van der Waals surface area contributed by atoms with E-state index in [9.17, 15) is 4.79 Å². The fourth-order valence-corrected chi connectivity index (χ4v) is 2.23. The van der Waals surface area contributed by atoms with Crippen molar-refractivity contribution < 1.29 is 9.90 Å². The van der Waals surface area contributed by atoms with Crippen molar-refractivity contribution in [3.63, 3.8) is 0 Å². The number of carbonyl (C=O) groups is 1. The highest BCUT2D eigenvalue weighted by atomic mass is 16.4. The number of aliphatic carboxylic acids is 1. The first-order valence-electron chi connectivity index (χ1n) is 6.66. The van der Waals surface area contributed by atoms with Crippen molar-refractivity contribution >= 4 is 5.97 Å². The van der Waals surface area contributed by atoms with E-state index in [4.69, 9.17) is 5.11 Å². The predicted molar refractivity (Wildman–Crippen MR) is 74.9 cm³/mol. The molecule has 1 aliphatic rings. The monoisotopic (exact) mass is 257 g/mol. The highest BCUT2D eigenvalue weighted by molar-refractivity contribution is 5.70. The van der Waals surface area contributed by atoms with Gasteiger partial charge in [-0.2, -0.15) is 0 Å². The molecule has 3 nitrogen and oxygen atoms in total. The normalized spacial score (nSPS) is 16.7. The minimum Gasteiger partial charge on any atom is -0.481 e. The molecular formula is C16H19NO2. The molecule has 19 heavy (non-hydrogen) atoms. The zero-order valence-electron chi connectivity index (χ0n) is 11.2. The molecule has 100 valence electrons. The van der Waals surface area contributed by atoms with Gasteiger partial charge in [-0.1, -0.05) is 29.5 Å². The van der Waals surface area contributed by atoms with E-state index in [0.29, 0.717) is 0 Å². The third-order valence-corrected chi connectivity index (χ3v) is 3.52. The molecule has 3 heteroatoms. The van der Waals surface area contributed by atoms with Crippen LogP contribution >= 0.6 is 0 Å². The van der Waals surface area contributed by atoms with E-state index in [-0.39, 0.29) is 5.92 Å². The Labute approximate surface area is 114 Å². The molecule has 1 aromatic rings. The lowest BCUT2D eigenvalue weighted by Crippen LogP contribution is -2.36. The molecule has 1 N–H and O–H groups in total. The number of piperidine rings is 1. The number of rotatable bonds is 2. The van der Waals surface area contributed by atoms with Crippen LogP contribution in [0, 0.1) is 24.7 Å². The number of benzene rings is 1. The average Bonchev–Trinajstić information content (AvgIpc) is 2.41. The molecule has 1 fully saturated rings. The summed E-state index contributed by atoms with van der Waals surface area (Å²) in [5, 5.41) is 8.93.